The van der Waals surface area contributed by atoms with Crippen molar-refractivity contribution in [3.63, 3.8) is 0 Å². The number of urea groups is 1. The first kappa shape index (κ1) is 18.6. The fourth-order valence-corrected chi connectivity index (χ4v) is 3.82. The van der Waals surface area contributed by atoms with Crippen molar-refractivity contribution < 1.29 is 22.8 Å². The summed E-state index contributed by atoms with van der Waals surface area (Å²) in [4.78, 5) is 37.0. The van der Waals surface area contributed by atoms with Crippen LogP contribution in [0.2, 0.25) is 0 Å². The molecule has 2 aromatic heterocycles. The van der Waals surface area contributed by atoms with Crippen LogP contribution < -0.4 is 20.4 Å². The minimum absolute atomic E-state index is 0.0448. The van der Waals surface area contributed by atoms with Crippen LogP contribution in [0.5, 0.6) is 0 Å². The summed E-state index contributed by atoms with van der Waals surface area (Å²) in [5.41, 5.74) is 0.635. The average molecular weight is 418 g/mol. The van der Waals surface area contributed by atoms with E-state index in [-0.39, 0.29) is 23.4 Å². The lowest BCUT2D eigenvalue weighted by Crippen LogP contribution is -2.48. The molecule has 0 radical (unpaired) electrons. The molecule has 3 aliphatic rings. The molecule has 5 rings (SSSR count). The van der Waals surface area contributed by atoms with Gasteiger partial charge in [0.1, 0.15) is 17.3 Å². The molecule has 3 amide bonds. The Morgan fingerprint density at radius 3 is 2.70 bits per heavy atom. The number of alkyl halides is 2. The summed E-state index contributed by atoms with van der Waals surface area (Å²) < 4.78 is 39.3. The van der Waals surface area contributed by atoms with Gasteiger partial charge in [0.15, 0.2) is 5.82 Å². The van der Waals surface area contributed by atoms with Gasteiger partial charge in [-0.2, -0.15) is 0 Å². The maximum atomic E-state index is 13.1. The van der Waals surface area contributed by atoms with E-state index in [9.17, 15) is 22.8 Å². The van der Waals surface area contributed by atoms with Crippen molar-refractivity contribution >= 4 is 29.3 Å². The third-order valence-electron chi connectivity index (χ3n) is 5.50. The van der Waals surface area contributed by atoms with Crippen LogP contribution in [0.3, 0.4) is 0 Å². The van der Waals surface area contributed by atoms with Gasteiger partial charge in [0, 0.05) is 19.5 Å². The Morgan fingerprint density at radius 2 is 2.00 bits per heavy atom. The number of rotatable bonds is 3. The second kappa shape index (κ2) is 6.57. The molecule has 2 bridgehead atoms. The van der Waals surface area contributed by atoms with Crippen LogP contribution in [0.25, 0.3) is 0 Å². The molecule has 2 unspecified atom stereocenters. The summed E-state index contributed by atoms with van der Waals surface area (Å²) in [6.45, 7) is 1.33. The fourth-order valence-electron chi connectivity index (χ4n) is 3.82. The molecule has 8 nitrogen and oxygen atoms in total. The average Bonchev–Trinajstić information content (AvgIpc) is 3.11. The number of amides is 3. The Morgan fingerprint density at radius 1 is 1.20 bits per heavy atom. The summed E-state index contributed by atoms with van der Waals surface area (Å²) in [6, 6.07) is 3.78. The molecule has 4 heterocycles. The number of aromatic nitrogens is 2. The predicted octanol–water partition coefficient (Wildman–Crippen LogP) is 2.38. The van der Waals surface area contributed by atoms with Crippen molar-refractivity contribution in [2.45, 2.75) is 30.8 Å². The summed E-state index contributed by atoms with van der Waals surface area (Å²) in [5.74, 6) is -3.68. The normalized spacial score (nSPS) is 23.0. The van der Waals surface area contributed by atoms with E-state index in [1.54, 1.807) is 6.07 Å². The molecule has 1 saturated carbocycles. The topological polar surface area (TPSA) is 90.5 Å². The molecule has 11 heteroatoms. The van der Waals surface area contributed by atoms with Crippen LogP contribution in [0.1, 0.15) is 23.3 Å². The monoisotopic (exact) mass is 418 g/mol. The van der Waals surface area contributed by atoms with Crippen molar-refractivity contribution in [2.24, 2.45) is 0 Å². The first-order chi connectivity index (χ1) is 14.3. The number of fused-ring (bicyclic) bond motifs is 4. The van der Waals surface area contributed by atoms with Crippen LogP contribution in [0.15, 0.2) is 30.5 Å². The van der Waals surface area contributed by atoms with E-state index in [1.807, 2.05) is 0 Å². The van der Waals surface area contributed by atoms with Gasteiger partial charge in [-0.05, 0) is 30.7 Å². The lowest BCUT2D eigenvalue weighted by atomic mass is 10.1. The minimum atomic E-state index is -2.89. The van der Waals surface area contributed by atoms with E-state index in [2.05, 4.69) is 25.5 Å². The first-order valence-electron chi connectivity index (χ1n) is 9.48. The maximum absolute atomic E-state index is 13.1. The van der Waals surface area contributed by atoms with Crippen molar-refractivity contribution in [2.75, 3.05) is 28.2 Å². The zero-order valence-electron chi connectivity index (χ0n) is 15.6. The number of carbonyl (C=O) groups excluding carboxylic acids is 2. The summed E-state index contributed by atoms with van der Waals surface area (Å²) >= 11 is 0. The van der Waals surface area contributed by atoms with Gasteiger partial charge in [0.2, 0.25) is 0 Å². The van der Waals surface area contributed by atoms with Gasteiger partial charge >= 0.3 is 6.03 Å². The summed E-state index contributed by atoms with van der Waals surface area (Å²) in [6.07, 6.45) is 1.31. The van der Waals surface area contributed by atoms with E-state index >= 15 is 0 Å². The van der Waals surface area contributed by atoms with Crippen LogP contribution in [-0.2, 0) is 0 Å². The van der Waals surface area contributed by atoms with Gasteiger partial charge in [0.25, 0.3) is 11.8 Å². The molecular formula is C19H17F3N6O2. The Balaban J connectivity index is 1.42. The van der Waals surface area contributed by atoms with Crippen LogP contribution in [0, 0.1) is 5.82 Å². The number of carbonyl (C=O) groups is 2. The molecule has 0 spiro atoms. The van der Waals surface area contributed by atoms with Crippen molar-refractivity contribution in [1.82, 2.24) is 15.3 Å². The van der Waals surface area contributed by atoms with Gasteiger partial charge in [-0.1, -0.05) is 0 Å². The molecule has 0 aromatic carbocycles. The van der Waals surface area contributed by atoms with E-state index in [0.29, 0.717) is 18.7 Å². The third-order valence-corrected chi connectivity index (χ3v) is 5.50. The van der Waals surface area contributed by atoms with E-state index < -0.39 is 36.1 Å². The van der Waals surface area contributed by atoms with Gasteiger partial charge in [-0.3, -0.25) is 15.0 Å². The van der Waals surface area contributed by atoms with Gasteiger partial charge in [0.05, 0.1) is 24.0 Å². The van der Waals surface area contributed by atoms with Gasteiger partial charge in [-0.15, -0.1) is 0 Å². The molecule has 1 aliphatic carbocycles. The van der Waals surface area contributed by atoms with Crippen molar-refractivity contribution in [3.05, 3.63) is 42.0 Å². The van der Waals surface area contributed by atoms with Gasteiger partial charge < -0.3 is 10.2 Å². The molecule has 2 aliphatic heterocycles. The standard InChI is InChI=1S/C19H17F3N6O2/c20-10-1-4-15(23-8-10)26-18(30)28-11-5-6-27(9-11)13-3-2-12(24-16(13)28)17(29)25-14-7-19(14,21)22/h1-4,8,11,14H,5-7,9H2,(H,25,29)(H,23,26,30). The van der Waals surface area contributed by atoms with E-state index in [1.165, 1.54) is 23.1 Å². The van der Waals surface area contributed by atoms with Crippen LogP contribution in [0.4, 0.5) is 35.3 Å². The maximum Gasteiger partial charge on any atom is 0.329 e. The number of nitrogens with one attached hydrogen (secondary N) is 2. The smallest absolute Gasteiger partial charge is 0.329 e. The molecule has 2 aromatic rings. The van der Waals surface area contributed by atoms with Crippen LogP contribution >= 0.6 is 0 Å². The summed E-state index contributed by atoms with van der Waals surface area (Å²) in [5, 5.41) is 4.88. The molecular weight excluding hydrogens is 401 g/mol. The number of nitrogens with zero attached hydrogens (tertiary/aromatic N) is 4. The molecule has 156 valence electrons. The second-order valence-electron chi connectivity index (χ2n) is 7.58. The lowest BCUT2D eigenvalue weighted by Gasteiger charge is -2.35. The molecule has 2 fully saturated rings. The number of pyridine rings is 2. The molecule has 1 saturated heterocycles. The molecule has 30 heavy (non-hydrogen) atoms. The number of anilines is 3. The van der Waals surface area contributed by atoms with Gasteiger partial charge in [-0.25, -0.2) is 27.9 Å². The zero-order chi connectivity index (χ0) is 21.0. The van der Waals surface area contributed by atoms with E-state index in [0.717, 1.165) is 12.7 Å². The van der Waals surface area contributed by atoms with Crippen molar-refractivity contribution in [1.29, 1.82) is 0 Å². The number of halogens is 3. The lowest BCUT2D eigenvalue weighted by molar-refractivity contribution is 0.0845. The highest BCUT2D eigenvalue weighted by Crippen LogP contribution is 2.42. The van der Waals surface area contributed by atoms with Crippen LogP contribution in [-0.4, -0.2) is 53.0 Å². The number of hydrogen-bond donors (Lipinski definition) is 2. The third kappa shape index (κ3) is 3.19. The molecule has 2 N–H and O–H groups in total. The Labute approximate surface area is 169 Å². The Kier molecular flexibility index (Phi) is 4.09. The second-order valence-corrected chi connectivity index (χ2v) is 7.58. The molecule has 2 atom stereocenters. The zero-order valence-corrected chi connectivity index (χ0v) is 15.6. The van der Waals surface area contributed by atoms with E-state index in [4.69, 9.17) is 0 Å². The predicted molar refractivity (Wildman–Crippen MR) is 101 cm³/mol. The highest BCUT2D eigenvalue weighted by Gasteiger charge is 2.58. The highest BCUT2D eigenvalue weighted by molar-refractivity contribution is 6.05. The summed E-state index contributed by atoms with van der Waals surface area (Å²) in [7, 11) is 0. The van der Waals surface area contributed by atoms with Crippen molar-refractivity contribution in [3.8, 4) is 0 Å². The minimum Gasteiger partial charge on any atom is -0.366 e. The highest BCUT2D eigenvalue weighted by atomic mass is 19.3. The largest absolute Gasteiger partial charge is 0.366 e. The SMILES string of the molecule is O=C(NC1CC1(F)F)c1ccc2c(n1)N(C(=O)Nc1ccc(F)cn1)C1CCN2C1. The quantitative estimate of drug-likeness (QED) is 0.799. The Bertz CT molecular complexity index is 1030. The fraction of sp³-hybridized carbons (Fsp3) is 0.368. The Hall–Kier alpha value is -3.37. The number of hydrogen-bond acceptors (Lipinski definition) is 5. The first-order valence-corrected chi connectivity index (χ1v) is 9.48.